The van der Waals surface area contributed by atoms with E-state index in [4.69, 9.17) is 14.5 Å². The van der Waals surface area contributed by atoms with Crippen molar-refractivity contribution in [3.05, 3.63) is 179 Å². The highest BCUT2D eigenvalue weighted by Gasteiger charge is 2.61. The first-order valence-corrected chi connectivity index (χ1v) is 42.9. The van der Waals surface area contributed by atoms with Gasteiger partial charge >= 0.3 is 5.97 Å². The molecule has 0 unspecified atom stereocenters. The zero-order valence-corrected chi connectivity index (χ0v) is 71.3. The number of nitrogens with one attached hydrogen (secondary N) is 5. The molecule has 24 nitrogen and oxygen atoms in total. The number of carboxylic acid groups (broad SMARTS) is 1. The predicted molar refractivity (Wildman–Crippen MR) is 452 cm³/mol. The van der Waals surface area contributed by atoms with Crippen LogP contribution in [-0.4, -0.2) is 193 Å². The molecule has 119 heavy (non-hydrogen) atoms. The highest BCUT2D eigenvalue weighted by molar-refractivity contribution is 5.96. The summed E-state index contributed by atoms with van der Waals surface area (Å²) in [5.74, 6) is 1.19. The van der Waals surface area contributed by atoms with Gasteiger partial charge in [0, 0.05) is 61.1 Å². The molecule has 24 atom stereocenters. The number of benzene rings is 6. The van der Waals surface area contributed by atoms with Gasteiger partial charge in [-0.3, -0.25) is 38.5 Å². The molecular formula is C95H126N8O16. The van der Waals surface area contributed by atoms with Crippen LogP contribution in [0.4, 0.5) is 0 Å². The van der Waals surface area contributed by atoms with Crippen LogP contribution in [0.1, 0.15) is 169 Å². The number of aliphatic hydroxyl groups excluding tert-OH is 6. The molecule has 12 N–H and O–H groups in total. The Morgan fingerprint density at radius 2 is 0.647 bits per heavy atom. The van der Waals surface area contributed by atoms with Crippen molar-refractivity contribution in [2.24, 2.45) is 87.3 Å². The first-order chi connectivity index (χ1) is 56.6. The number of aliphatic hydroxyl groups is 6. The summed E-state index contributed by atoms with van der Waals surface area (Å²) in [5.41, 5.74) is 10.3. The average molecular weight is 1640 g/mol. The minimum Gasteiger partial charge on any atom is -0.478 e. The van der Waals surface area contributed by atoms with Gasteiger partial charge in [0.15, 0.2) is 0 Å². The van der Waals surface area contributed by atoms with E-state index >= 15 is 0 Å². The van der Waals surface area contributed by atoms with E-state index in [1.165, 1.54) is 19.3 Å². The van der Waals surface area contributed by atoms with E-state index < -0.39 is 78.5 Å². The van der Waals surface area contributed by atoms with Crippen molar-refractivity contribution in [3.8, 4) is 33.4 Å². The number of carboxylic acids is 1. The van der Waals surface area contributed by atoms with E-state index in [-0.39, 0.29) is 79.6 Å². The van der Waals surface area contributed by atoms with Gasteiger partial charge in [0.25, 0.3) is 11.8 Å². The molecule has 0 aromatic heterocycles. The van der Waals surface area contributed by atoms with Gasteiger partial charge < -0.3 is 62.3 Å². The Balaban J connectivity index is 0.000000155. The topological polar surface area (TPSA) is 342 Å². The number of aromatic carboxylic acids is 1. The third-order valence-electron chi connectivity index (χ3n) is 29.8. The summed E-state index contributed by atoms with van der Waals surface area (Å²) in [6, 6.07) is 43.1. The van der Waals surface area contributed by atoms with Crippen molar-refractivity contribution in [3.63, 3.8) is 0 Å². The summed E-state index contributed by atoms with van der Waals surface area (Å²) < 4.78 is 0. The van der Waals surface area contributed by atoms with Crippen molar-refractivity contribution < 1.29 is 79.0 Å². The monoisotopic (exact) mass is 1630 g/mol. The number of carbonyl (C=O) groups is 6. The van der Waals surface area contributed by atoms with Crippen molar-refractivity contribution in [2.75, 3.05) is 33.9 Å². The Morgan fingerprint density at radius 3 is 0.882 bits per heavy atom. The van der Waals surface area contributed by atoms with Crippen LogP contribution < -0.4 is 26.6 Å². The molecule has 642 valence electrons. The van der Waals surface area contributed by atoms with Crippen LogP contribution in [0.5, 0.6) is 0 Å². The van der Waals surface area contributed by atoms with E-state index in [0.29, 0.717) is 93.7 Å². The lowest BCUT2D eigenvalue weighted by molar-refractivity contribution is -0.183. The highest BCUT2D eigenvalue weighted by Crippen LogP contribution is 2.63. The van der Waals surface area contributed by atoms with Crippen LogP contribution in [0.25, 0.3) is 33.4 Å². The summed E-state index contributed by atoms with van der Waals surface area (Å²) in [6.07, 6.45) is 1.94. The van der Waals surface area contributed by atoms with Crippen LogP contribution in [0.3, 0.4) is 0 Å². The normalized spacial score (nSPS) is 31.9. The second kappa shape index (κ2) is 36.4. The number of hydroxylamine groups is 6. The molecular weight excluding hydrogens is 1510 g/mol. The molecule has 0 radical (unpaired) electrons. The van der Waals surface area contributed by atoms with Gasteiger partial charge in [0.05, 0.1) is 63.3 Å². The van der Waals surface area contributed by atoms with Gasteiger partial charge in [-0.25, -0.2) is 4.79 Å². The summed E-state index contributed by atoms with van der Waals surface area (Å²) in [6.45, 7) is 25.6. The van der Waals surface area contributed by atoms with Gasteiger partial charge in [-0.2, -0.15) is 15.2 Å². The van der Waals surface area contributed by atoms with Crippen LogP contribution in [0.15, 0.2) is 146 Å². The molecule has 18 rings (SSSR count). The number of fused-ring (bicyclic) bond motifs is 6. The van der Waals surface area contributed by atoms with Gasteiger partial charge in [0.2, 0.25) is 17.7 Å². The number of hydrogen-bond donors (Lipinski definition) is 12. The smallest absolute Gasteiger partial charge is 0.335 e. The van der Waals surface area contributed by atoms with Crippen LogP contribution in [0, 0.1) is 87.3 Å². The quantitative estimate of drug-likeness (QED) is 0.0268. The zero-order chi connectivity index (χ0) is 85.6. The fourth-order valence-corrected chi connectivity index (χ4v) is 22.3. The molecule has 3 saturated heterocycles. The van der Waals surface area contributed by atoms with E-state index in [2.05, 4.69) is 88.9 Å². The maximum Gasteiger partial charge on any atom is 0.335 e. The number of hydrogen-bond acceptors (Lipinski definition) is 18. The molecule has 9 saturated carbocycles. The van der Waals surface area contributed by atoms with Crippen molar-refractivity contribution in [1.29, 1.82) is 0 Å². The van der Waals surface area contributed by atoms with Crippen LogP contribution in [0.2, 0.25) is 0 Å². The van der Waals surface area contributed by atoms with Crippen molar-refractivity contribution >= 4 is 35.5 Å². The maximum atomic E-state index is 13.9. The Bertz CT molecular complexity index is 4440. The molecule has 3 aliphatic heterocycles. The average Bonchev–Trinajstić information content (AvgIpc) is 1.30. The number of carbonyl (C=O) groups excluding carboxylic acids is 5. The molecule has 3 heterocycles. The largest absolute Gasteiger partial charge is 0.478 e. The first-order valence-electron chi connectivity index (χ1n) is 42.9. The third-order valence-corrected chi connectivity index (χ3v) is 29.8. The van der Waals surface area contributed by atoms with Gasteiger partial charge in [-0.05, 0) is 233 Å². The van der Waals surface area contributed by atoms with E-state index in [1.54, 1.807) is 80.4 Å². The van der Waals surface area contributed by atoms with E-state index in [0.717, 1.165) is 69.3 Å². The molecule has 6 bridgehead atoms. The molecule has 6 aromatic carbocycles. The Kier molecular flexibility index (Phi) is 27.0. The van der Waals surface area contributed by atoms with Gasteiger partial charge in [0.1, 0.15) is 36.4 Å². The first kappa shape index (κ1) is 88.4. The number of nitrogens with zero attached hydrogens (tertiary/aromatic N) is 3. The SMILES string of the molecule is CNC(=O)c1cccc(-c2cccc(CN3O[C@@H](CO)[C@@H]([C@H](C)O)[C@H]3C(=O)N[C@H]3C[C@H]4C[C@@H]([C@@H]3C)C4(C)C)c2)c1.CNC(=O)c1cccc(-c2cccc(CN3O[C@@H](CO)[C@@H]([C@H](C)O)[C@H]3C(=O)N[C@H]3C[C@H]4C[C@@H]([C@@H]3C)C4(C)C)c2)c1.C[C@@H]1[C@@H](NC(=O)[C@@H]2[C@H]([C@H](C)O)[C@H](CO)ON2Cc2cccc(-c3cccc(C(=O)O)c3)c2)C[C@H]2C[C@@H]1C2(C)C. The molecule has 5 amide bonds. The second-order valence-corrected chi connectivity index (χ2v) is 37.5. The fraction of sp³-hybridized carbons (Fsp3) is 0.558. The fourth-order valence-electron chi connectivity index (χ4n) is 22.3. The molecule has 24 heteroatoms. The highest BCUT2D eigenvalue weighted by atomic mass is 16.7. The molecule has 12 fully saturated rings. The summed E-state index contributed by atoms with van der Waals surface area (Å²) >= 11 is 0. The lowest BCUT2D eigenvalue weighted by Gasteiger charge is -2.62. The van der Waals surface area contributed by atoms with Gasteiger partial charge in [-0.15, -0.1) is 0 Å². The molecule has 9 aliphatic carbocycles. The summed E-state index contributed by atoms with van der Waals surface area (Å²) in [7, 11) is 3.22. The standard InChI is InChI=1S/2C32H43N3O5.C31H40N2O6/c2*1-18-25-14-24(32(25,3)4)15-26(18)34-31(39)29-28(19(2)37)27(17-36)40-35(29)16-20-8-6-9-21(12-20)22-10-7-11-23(13-22)30(38)33-5;1-17-24-13-23(31(24,3)4)14-25(17)32-29(36)28-27(18(2)35)26(16-34)39-33(28)15-19-7-5-8-20(11-19)21-9-6-10-22(12-21)30(37)38/h2*6-13,18-19,24-29,36-37H,14-17H2,1-5H3,(H,33,38)(H,34,39);5-12,17-18,23-28,34-35H,13-16H2,1-4H3,(H,32,36)(H,37,38)/t2*18-,19-,24+,25-,26-,27-,28+,29-;17-,18-,23+,24-,25-,26-,27+,28-/m000/s1. The Morgan fingerprint density at radius 1 is 0.395 bits per heavy atom. The zero-order valence-electron chi connectivity index (χ0n) is 71.3. The number of rotatable bonds is 24. The van der Waals surface area contributed by atoms with Crippen molar-refractivity contribution in [2.45, 2.75) is 214 Å². The van der Waals surface area contributed by atoms with Gasteiger partial charge in [-0.1, -0.05) is 153 Å². The Labute approximate surface area is 700 Å². The maximum absolute atomic E-state index is 13.9. The molecule has 12 aliphatic rings. The molecule has 6 aromatic rings. The lowest BCUT2D eigenvalue weighted by Crippen LogP contribution is -2.62. The Hall–Kier alpha value is -8.34. The minimum atomic E-state index is -0.986. The van der Waals surface area contributed by atoms with Crippen LogP contribution in [-0.2, 0) is 48.5 Å². The molecule has 0 spiro atoms. The summed E-state index contributed by atoms with van der Waals surface area (Å²) in [4.78, 5) is 95.6. The third kappa shape index (κ3) is 18.0. The minimum absolute atomic E-state index is 0.0730. The summed E-state index contributed by atoms with van der Waals surface area (Å²) in [5, 5.41) is 91.7. The van der Waals surface area contributed by atoms with Crippen molar-refractivity contribution in [1.82, 2.24) is 41.8 Å². The van der Waals surface area contributed by atoms with E-state index in [1.807, 2.05) is 115 Å². The lowest BCUT2D eigenvalue weighted by atomic mass is 9.45. The number of amides is 5. The van der Waals surface area contributed by atoms with Crippen LogP contribution >= 0.6 is 0 Å². The second-order valence-electron chi connectivity index (χ2n) is 37.5. The van der Waals surface area contributed by atoms with E-state index in [9.17, 15) is 64.5 Å². The predicted octanol–water partition coefficient (Wildman–Crippen LogP) is 10.5.